The van der Waals surface area contributed by atoms with Gasteiger partial charge in [0.25, 0.3) is 0 Å². The van der Waals surface area contributed by atoms with E-state index in [1.54, 1.807) is 11.3 Å². The highest BCUT2D eigenvalue weighted by Crippen LogP contribution is 2.22. The maximum absolute atomic E-state index is 12.1. The van der Waals surface area contributed by atoms with Crippen LogP contribution in [0.25, 0.3) is 0 Å². The van der Waals surface area contributed by atoms with E-state index in [-0.39, 0.29) is 18.1 Å². The third kappa shape index (κ3) is 4.69. The van der Waals surface area contributed by atoms with Gasteiger partial charge in [-0.3, -0.25) is 0 Å². The first-order chi connectivity index (χ1) is 10.3. The number of thiophene rings is 1. The van der Waals surface area contributed by atoms with Crippen LogP contribution in [-0.4, -0.2) is 44.1 Å². The van der Waals surface area contributed by atoms with Crippen LogP contribution in [-0.2, 0) is 10.0 Å². The monoisotopic (exact) mass is 345 g/mol. The van der Waals surface area contributed by atoms with Gasteiger partial charge in [0.15, 0.2) is 0 Å². The van der Waals surface area contributed by atoms with Gasteiger partial charge in [-0.05, 0) is 38.8 Å². The Bertz CT molecular complexity index is 627. The van der Waals surface area contributed by atoms with Gasteiger partial charge in [0.2, 0.25) is 10.0 Å². The number of piperidine rings is 1. The lowest BCUT2D eigenvalue weighted by atomic mass is 10.1. The molecule has 1 aromatic rings. The maximum atomic E-state index is 12.1. The van der Waals surface area contributed by atoms with Crippen molar-refractivity contribution in [2.45, 2.75) is 38.8 Å². The Balaban J connectivity index is 1.86. The lowest BCUT2D eigenvalue weighted by Crippen LogP contribution is -2.51. The minimum atomic E-state index is -3.19. The molecule has 1 aliphatic rings. The van der Waals surface area contributed by atoms with Crippen molar-refractivity contribution in [3.8, 4) is 0 Å². The number of sulfonamides is 1. The molecule has 8 heteroatoms. The summed E-state index contributed by atoms with van der Waals surface area (Å²) in [6, 6.07) is 3.59. The van der Waals surface area contributed by atoms with Crippen LogP contribution in [0.4, 0.5) is 4.79 Å². The van der Waals surface area contributed by atoms with Gasteiger partial charge in [-0.15, -0.1) is 11.3 Å². The van der Waals surface area contributed by atoms with E-state index < -0.39 is 10.0 Å². The summed E-state index contributed by atoms with van der Waals surface area (Å²) < 4.78 is 24.6. The Morgan fingerprint density at radius 1 is 1.45 bits per heavy atom. The predicted octanol–water partition coefficient (Wildman–Crippen LogP) is 1.84. The van der Waals surface area contributed by atoms with E-state index in [2.05, 4.69) is 10.6 Å². The second-order valence-electron chi connectivity index (χ2n) is 5.75. The van der Waals surface area contributed by atoms with Gasteiger partial charge >= 0.3 is 6.03 Å². The molecule has 1 fully saturated rings. The number of carbonyl (C=O) groups excluding carboxylic acids is 1. The molecule has 2 N–H and O–H groups in total. The highest BCUT2D eigenvalue weighted by atomic mass is 32.2. The van der Waals surface area contributed by atoms with E-state index in [0.717, 1.165) is 17.7 Å². The minimum Gasteiger partial charge on any atom is -0.334 e. The Morgan fingerprint density at radius 3 is 2.77 bits per heavy atom. The van der Waals surface area contributed by atoms with Gasteiger partial charge in [-0.25, -0.2) is 17.5 Å². The van der Waals surface area contributed by atoms with Gasteiger partial charge in [0.1, 0.15) is 0 Å². The van der Waals surface area contributed by atoms with E-state index in [1.807, 2.05) is 26.0 Å². The molecule has 0 bridgehead atoms. The zero-order chi connectivity index (χ0) is 16.3. The normalized spacial score (nSPS) is 21.3. The average Bonchev–Trinajstić information content (AvgIpc) is 2.84. The molecule has 0 aliphatic carbocycles. The molecular weight excluding hydrogens is 322 g/mol. The fourth-order valence-electron chi connectivity index (χ4n) is 2.54. The molecule has 0 saturated carbocycles. The Morgan fingerprint density at radius 2 is 2.18 bits per heavy atom. The van der Waals surface area contributed by atoms with Gasteiger partial charge in [-0.1, -0.05) is 0 Å². The van der Waals surface area contributed by atoms with Crippen LogP contribution in [0, 0.1) is 6.92 Å². The first-order valence-electron chi connectivity index (χ1n) is 7.34. The minimum absolute atomic E-state index is 0.0618. The molecule has 0 aromatic carbocycles. The molecule has 0 radical (unpaired) electrons. The topological polar surface area (TPSA) is 78.5 Å². The molecular formula is C14H23N3O3S2. The summed E-state index contributed by atoms with van der Waals surface area (Å²) in [5.74, 6) is 0. The second-order valence-corrected chi connectivity index (χ2v) is 9.05. The van der Waals surface area contributed by atoms with Crippen LogP contribution in [0.1, 0.15) is 35.6 Å². The molecule has 0 spiro atoms. The zero-order valence-electron chi connectivity index (χ0n) is 13.1. The van der Waals surface area contributed by atoms with E-state index in [1.165, 1.54) is 15.4 Å². The molecule has 2 heterocycles. The van der Waals surface area contributed by atoms with Crippen molar-refractivity contribution < 1.29 is 13.2 Å². The van der Waals surface area contributed by atoms with E-state index >= 15 is 0 Å². The average molecular weight is 345 g/mol. The van der Waals surface area contributed by atoms with Gasteiger partial charge in [0.05, 0.1) is 12.3 Å². The van der Waals surface area contributed by atoms with Crippen molar-refractivity contribution in [3.63, 3.8) is 0 Å². The molecule has 124 valence electrons. The lowest BCUT2D eigenvalue weighted by molar-refractivity contribution is 0.223. The summed E-state index contributed by atoms with van der Waals surface area (Å²) in [5, 5.41) is 5.78. The highest BCUT2D eigenvalue weighted by molar-refractivity contribution is 7.88. The molecule has 6 nitrogen and oxygen atoms in total. The summed E-state index contributed by atoms with van der Waals surface area (Å²) in [6.07, 6.45) is 2.76. The van der Waals surface area contributed by atoms with Crippen LogP contribution in [0.3, 0.4) is 0 Å². The van der Waals surface area contributed by atoms with Gasteiger partial charge in [0, 0.05) is 28.9 Å². The van der Waals surface area contributed by atoms with Crippen LogP contribution < -0.4 is 10.6 Å². The molecule has 1 saturated heterocycles. The summed E-state index contributed by atoms with van der Waals surface area (Å²) in [5.41, 5.74) is 0. The zero-order valence-corrected chi connectivity index (χ0v) is 14.8. The largest absolute Gasteiger partial charge is 0.334 e. The van der Waals surface area contributed by atoms with Crippen LogP contribution in [0.15, 0.2) is 12.1 Å². The van der Waals surface area contributed by atoms with Crippen molar-refractivity contribution in [1.82, 2.24) is 14.9 Å². The molecule has 2 amide bonds. The van der Waals surface area contributed by atoms with Crippen LogP contribution in [0.5, 0.6) is 0 Å². The Kier molecular flexibility index (Phi) is 5.46. The van der Waals surface area contributed by atoms with E-state index in [9.17, 15) is 13.2 Å². The number of urea groups is 1. The third-order valence-corrected chi connectivity index (χ3v) is 6.18. The summed E-state index contributed by atoms with van der Waals surface area (Å²) >= 11 is 1.66. The standard InChI is InChI=1S/C14H23N3O3S2/c1-10-6-7-13(21-10)11(2)15-14(18)16-12-5-4-8-17(9-12)22(3,19)20/h6-7,11-12H,4-5,8-9H2,1-3H3,(H2,15,16,18)/t11-,12+/m0/s1. The Hall–Kier alpha value is -1.12. The van der Waals surface area contributed by atoms with E-state index in [0.29, 0.717) is 13.1 Å². The van der Waals surface area contributed by atoms with Crippen LogP contribution >= 0.6 is 11.3 Å². The third-order valence-electron chi connectivity index (χ3n) is 3.72. The van der Waals surface area contributed by atoms with Crippen molar-refractivity contribution in [2.24, 2.45) is 0 Å². The number of hydrogen-bond acceptors (Lipinski definition) is 4. The maximum Gasteiger partial charge on any atom is 0.315 e. The fourth-order valence-corrected chi connectivity index (χ4v) is 4.33. The van der Waals surface area contributed by atoms with Crippen molar-refractivity contribution in [2.75, 3.05) is 19.3 Å². The molecule has 1 aromatic heterocycles. The smallest absolute Gasteiger partial charge is 0.315 e. The van der Waals surface area contributed by atoms with Gasteiger partial charge in [-0.2, -0.15) is 0 Å². The Labute approximate surface area is 135 Å². The molecule has 1 aliphatic heterocycles. The number of carbonyl (C=O) groups is 1. The lowest BCUT2D eigenvalue weighted by Gasteiger charge is -2.31. The quantitative estimate of drug-likeness (QED) is 0.874. The van der Waals surface area contributed by atoms with Crippen molar-refractivity contribution in [3.05, 3.63) is 21.9 Å². The number of nitrogens with zero attached hydrogens (tertiary/aromatic N) is 1. The number of rotatable bonds is 4. The molecule has 22 heavy (non-hydrogen) atoms. The SMILES string of the molecule is Cc1ccc([C@H](C)NC(=O)N[C@@H]2CCCN(S(C)(=O)=O)C2)s1. The predicted molar refractivity (Wildman–Crippen MR) is 88.6 cm³/mol. The first-order valence-corrected chi connectivity index (χ1v) is 10.0. The first kappa shape index (κ1) is 17.2. The number of nitrogens with one attached hydrogen (secondary N) is 2. The van der Waals surface area contributed by atoms with Crippen molar-refractivity contribution >= 4 is 27.4 Å². The number of amides is 2. The summed E-state index contributed by atoms with van der Waals surface area (Å²) in [6.45, 7) is 4.85. The van der Waals surface area contributed by atoms with E-state index in [4.69, 9.17) is 0 Å². The van der Waals surface area contributed by atoms with Crippen LogP contribution in [0.2, 0.25) is 0 Å². The molecule has 0 unspecified atom stereocenters. The fraction of sp³-hybridized carbons (Fsp3) is 0.643. The highest BCUT2D eigenvalue weighted by Gasteiger charge is 2.27. The summed E-state index contributed by atoms with van der Waals surface area (Å²) in [4.78, 5) is 14.4. The summed E-state index contributed by atoms with van der Waals surface area (Å²) in [7, 11) is -3.19. The molecule has 2 atom stereocenters. The number of aryl methyl sites for hydroxylation is 1. The van der Waals surface area contributed by atoms with Gasteiger partial charge < -0.3 is 10.6 Å². The van der Waals surface area contributed by atoms with Crippen molar-refractivity contribution in [1.29, 1.82) is 0 Å². The second kappa shape index (κ2) is 6.97. The molecule has 2 rings (SSSR count). The number of hydrogen-bond donors (Lipinski definition) is 2.